The van der Waals surface area contributed by atoms with Gasteiger partial charge in [0.15, 0.2) is 0 Å². The predicted octanol–water partition coefficient (Wildman–Crippen LogP) is 3.86. The number of ether oxygens (including phenoxy) is 3. The third-order valence-corrected chi connectivity index (χ3v) is 5.42. The largest absolute Gasteiger partial charge is 0.507 e. The van der Waals surface area contributed by atoms with Gasteiger partial charge in [-0.1, -0.05) is 12.1 Å². The van der Waals surface area contributed by atoms with E-state index in [1.165, 1.54) is 4.90 Å². The molecule has 1 fully saturated rings. The highest BCUT2D eigenvalue weighted by molar-refractivity contribution is 6.46. The molecular formula is C25H29NO6. The molecule has 1 N–H and O–H groups in total. The number of aliphatic hydroxyl groups excluding tert-OH is 1. The lowest BCUT2D eigenvalue weighted by atomic mass is 9.93. The number of Topliss-reactive ketones (excluding diaryl/α,β-unsaturated/α-hetero) is 1. The van der Waals surface area contributed by atoms with E-state index in [1.807, 2.05) is 26.8 Å². The summed E-state index contributed by atoms with van der Waals surface area (Å²) in [5.41, 5.74) is 1.90. The number of rotatable bonds is 8. The van der Waals surface area contributed by atoms with Crippen molar-refractivity contribution in [2.75, 3.05) is 27.4 Å². The zero-order valence-electron chi connectivity index (χ0n) is 19.0. The molecule has 170 valence electrons. The molecule has 7 heteroatoms. The van der Waals surface area contributed by atoms with Gasteiger partial charge in [0, 0.05) is 12.1 Å². The van der Waals surface area contributed by atoms with Crippen LogP contribution in [0.25, 0.3) is 5.76 Å². The molecule has 0 radical (unpaired) electrons. The van der Waals surface area contributed by atoms with E-state index in [0.717, 1.165) is 5.56 Å². The van der Waals surface area contributed by atoms with Crippen molar-refractivity contribution in [3.05, 3.63) is 64.7 Å². The summed E-state index contributed by atoms with van der Waals surface area (Å²) in [6.07, 6.45) is -0.0101. The first kappa shape index (κ1) is 23.3. The molecule has 1 amide bonds. The zero-order valence-corrected chi connectivity index (χ0v) is 19.0. The first-order chi connectivity index (χ1) is 15.3. The smallest absolute Gasteiger partial charge is 0.295 e. The van der Waals surface area contributed by atoms with Crippen molar-refractivity contribution < 1.29 is 28.9 Å². The van der Waals surface area contributed by atoms with Gasteiger partial charge in [-0.25, -0.2) is 0 Å². The fourth-order valence-corrected chi connectivity index (χ4v) is 3.83. The zero-order chi connectivity index (χ0) is 23.4. The maximum absolute atomic E-state index is 13.1. The Labute approximate surface area is 188 Å². The molecular weight excluding hydrogens is 410 g/mol. The van der Waals surface area contributed by atoms with E-state index in [1.54, 1.807) is 50.6 Å². The van der Waals surface area contributed by atoms with E-state index >= 15 is 0 Å². The molecule has 7 nitrogen and oxygen atoms in total. The number of nitrogens with zero attached hydrogens (tertiary/aromatic N) is 1. The summed E-state index contributed by atoms with van der Waals surface area (Å²) >= 11 is 0. The summed E-state index contributed by atoms with van der Waals surface area (Å²) in [6.45, 7) is 6.10. The minimum Gasteiger partial charge on any atom is -0.507 e. The lowest BCUT2D eigenvalue weighted by Crippen LogP contribution is -2.33. The van der Waals surface area contributed by atoms with Gasteiger partial charge in [0.2, 0.25) is 0 Å². The van der Waals surface area contributed by atoms with E-state index < -0.39 is 17.7 Å². The average molecular weight is 440 g/mol. The fourth-order valence-electron chi connectivity index (χ4n) is 3.83. The third-order valence-electron chi connectivity index (χ3n) is 5.42. The molecule has 0 aliphatic carbocycles. The molecule has 3 rings (SSSR count). The standard InChI is InChI=1S/C25H29NO6/c1-15(2)32-12-11-26-22(17-7-6-8-18(14-17)30-4)21(24(28)25(26)29)23(27)20-10-9-19(31-5)13-16(20)3/h6-10,13-15,22,27H,11-12H2,1-5H3/b23-21-. The van der Waals surface area contributed by atoms with Crippen LogP contribution in [0.5, 0.6) is 11.5 Å². The van der Waals surface area contributed by atoms with Gasteiger partial charge in [0.1, 0.15) is 17.3 Å². The topological polar surface area (TPSA) is 85.3 Å². The summed E-state index contributed by atoms with van der Waals surface area (Å²) < 4.78 is 16.2. The number of hydrogen-bond acceptors (Lipinski definition) is 6. The maximum Gasteiger partial charge on any atom is 0.295 e. The lowest BCUT2D eigenvalue weighted by molar-refractivity contribution is -0.140. The number of aryl methyl sites for hydroxylation is 1. The van der Waals surface area contributed by atoms with Crippen LogP contribution in [-0.2, 0) is 14.3 Å². The van der Waals surface area contributed by atoms with Crippen LogP contribution in [0.4, 0.5) is 0 Å². The highest BCUT2D eigenvalue weighted by Gasteiger charge is 2.46. The van der Waals surface area contributed by atoms with E-state index in [2.05, 4.69) is 0 Å². The minimum atomic E-state index is -0.762. The molecule has 1 aliphatic heterocycles. The number of likely N-dealkylation sites (tertiary alicyclic amines) is 1. The van der Waals surface area contributed by atoms with E-state index in [4.69, 9.17) is 14.2 Å². The van der Waals surface area contributed by atoms with E-state index in [0.29, 0.717) is 22.6 Å². The Morgan fingerprint density at radius 3 is 2.38 bits per heavy atom. The Bertz CT molecular complexity index is 1040. The Balaban J connectivity index is 2.14. The van der Waals surface area contributed by atoms with Crippen LogP contribution in [0.2, 0.25) is 0 Å². The monoisotopic (exact) mass is 439 g/mol. The lowest BCUT2D eigenvalue weighted by Gasteiger charge is -2.26. The first-order valence-electron chi connectivity index (χ1n) is 10.5. The van der Waals surface area contributed by atoms with Crippen LogP contribution < -0.4 is 9.47 Å². The average Bonchev–Trinajstić information content (AvgIpc) is 3.03. The van der Waals surface area contributed by atoms with Crippen molar-refractivity contribution in [1.82, 2.24) is 4.90 Å². The number of aliphatic hydroxyl groups is 1. The summed E-state index contributed by atoms with van der Waals surface area (Å²) in [7, 11) is 3.11. The van der Waals surface area contributed by atoms with E-state index in [9.17, 15) is 14.7 Å². The summed E-state index contributed by atoms with van der Waals surface area (Å²) in [6, 6.07) is 11.5. The van der Waals surface area contributed by atoms with Crippen LogP contribution in [0.1, 0.15) is 36.6 Å². The Morgan fingerprint density at radius 1 is 1.06 bits per heavy atom. The number of ketones is 1. The Morgan fingerprint density at radius 2 is 1.75 bits per heavy atom. The molecule has 0 spiro atoms. The molecule has 0 bridgehead atoms. The fraction of sp³-hybridized carbons (Fsp3) is 0.360. The van der Waals surface area contributed by atoms with Gasteiger partial charge in [0.25, 0.3) is 11.7 Å². The van der Waals surface area contributed by atoms with E-state index in [-0.39, 0.29) is 30.6 Å². The number of carbonyl (C=O) groups is 2. The van der Waals surface area contributed by atoms with Crippen LogP contribution in [0.3, 0.4) is 0 Å². The summed E-state index contributed by atoms with van der Waals surface area (Å²) in [5, 5.41) is 11.2. The molecule has 0 saturated carbocycles. The number of carbonyl (C=O) groups excluding carboxylic acids is 2. The second-order valence-electron chi connectivity index (χ2n) is 7.87. The van der Waals surface area contributed by atoms with Gasteiger partial charge in [-0.2, -0.15) is 0 Å². The quantitative estimate of drug-likeness (QED) is 0.382. The molecule has 32 heavy (non-hydrogen) atoms. The van der Waals surface area contributed by atoms with Crippen molar-refractivity contribution in [3.63, 3.8) is 0 Å². The predicted molar refractivity (Wildman–Crippen MR) is 121 cm³/mol. The van der Waals surface area contributed by atoms with Crippen molar-refractivity contribution in [2.24, 2.45) is 0 Å². The first-order valence-corrected chi connectivity index (χ1v) is 10.5. The second-order valence-corrected chi connectivity index (χ2v) is 7.87. The van der Waals surface area contributed by atoms with Gasteiger partial charge in [0.05, 0.1) is 38.5 Å². The van der Waals surface area contributed by atoms with Crippen LogP contribution in [0, 0.1) is 6.92 Å². The van der Waals surface area contributed by atoms with Gasteiger partial charge in [-0.05, 0) is 62.2 Å². The third kappa shape index (κ3) is 4.62. The van der Waals surface area contributed by atoms with Gasteiger partial charge < -0.3 is 24.2 Å². The molecule has 1 aliphatic rings. The molecule has 1 saturated heterocycles. The van der Waals surface area contributed by atoms with Crippen LogP contribution in [0.15, 0.2) is 48.0 Å². The van der Waals surface area contributed by atoms with Crippen molar-refractivity contribution in [2.45, 2.75) is 32.9 Å². The Kier molecular flexibility index (Phi) is 7.20. The number of amides is 1. The molecule has 1 unspecified atom stereocenters. The minimum absolute atomic E-state index is 0.0101. The molecule has 0 aromatic heterocycles. The number of methoxy groups -OCH3 is 2. The van der Waals surface area contributed by atoms with Crippen LogP contribution >= 0.6 is 0 Å². The second kappa shape index (κ2) is 9.87. The molecule has 2 aromatic carbocycles. The SMILES string of the molecule is COc1cccc(C2/C(=C(/O)c3ccc(OC)cc3C)C(=O)C(=O)N2CCOC(C)C)c1. The maximum atomic E-state index is 13.1. The normalized spacial score (nSPS) is 17.8. The van der Waals surface area contributed by atoms with Gasteiger partial charge in [-0.3, -0.25) is 9.59 Å². The molecule has 1 heterocycles. The molecule has 1 atom stereocenters. The summed E-state index contributed by atoms with van der Waals surface area (Å²) in [5.74, 6) is -0.390. The highest BCUT2D eigenvalue weighted by Crippen LogP contribution is 2.40. The highest BCUT2D eigenvalue weighted by atomic mass is 16.5. The molecule has 2 aromatic rings. The Hall–Kier alpha value is -3.32. The van der Waals surface area contributed by atoms with Gasteiger partial charge >= 0.3 is 0 Å². The summed E-state index contributed by atoms with van der Waals surface area (Å²) in [4.78, 5) is 27.5. The van der Waals surface area contributed by atoms with Crippen LogP contribution in [-0.4, -0.2) is 55.2 Å². The van der Waals surface area contributed by atoms with Crippen molar-refractivity contribution >= 4 is 17.4 Å². The number of hydrogen-bond donors (Lipinski definition) is 1. The van der Waals surface area contributed by atoms with Crippen molar-refractivity contribution in [3.8, 4) is 11.5 Å². The van der Waals surface area contributed by atoms with Crippen molar-refractivity contribution in [1.29, 1.82) is 0 Å². The number of benzene rings is 2. The van der Waals surface area contributed by atoms with Gasteiger partial charge in [-0.15, -0.1) is 0 Å².